The zero-order valence-electron chi connectivity index (χ0n) is 19.2. The van der Waals surface area contributed by atoms with E-state index in [9.17, 15) is 21.6 Å². The first kappa shape index (κ1) is 26.3. The number of halogens is 3. The molecular weight excluding hydrogens is 485 g/mol. The Morgan fingerprint density at radius 2 is 1.59 bits per heavy atom. The molecule has 0 amide bonds. The zero-order chi connectivity index (χ0) is 24.8. The van der Waals surface area contributed by atoms with E-state index in [0.717, 1.165) is 36.0 Å². The summed E-state index contributed by atoms with van der Waals surface area (Å²) >= 11 is 1.38. The Labute approximate surface area is 202 Å². The summed E-state index contributed by atoms with van der Waals surface area (Å²) in [6.07, 6.45) is -2.91. The predicted octanol–water partition coefficient (Wildman–Crippen LogP) is 6.26. The number of hydrogen-bond acceptors (Lipinski definition) is 5. The highest BCUT2D eigenvalue weighted by Gasteiger charge is 2.31. The minimum absolute atomic E-state index is 0.0169. The maximum absolute atomic E-state index is 13.5. The van der Waals surface area contributed by atoms with Gasteiger partial charge in [-0.1, -0.05) is 44.2 Å². The summed E-state index contributed by atoms with van der Waals surface area (Å²) in [6, 6.07) is 14.8. The summed E-state index contributed by atoms with van der Waals surface area (Å²) in [5.41, 5.74) is 0.564. The minimum Gasteiger partial charge on any atom is -0.406 e. The topological polar surface area (TPSA) is 49.9 Å². The Kier molecular flexibility index (Phi) is 8.83. The third kappa shape index (κ3) is 7.35. The summed E-state index contributed by atoms with van der Waals surface area (Å²) in [4.78, 5) is 2.14. The Morgan fingerprint density at radius 3 is 2.18 bits per heavy atom. The van der Waals surface area contributed by atoms with Crippen LogP contribution in [0.4, 0.5) is 18.2 Å². The van der Waals surface area contributed by atoms with Crippen molar-refractivity contribution in [2.75, 3.05) is 29.7 Å². The second-order valence-electron chi connectivity index (χ2n) is 7.98. The van der Waals surface area contributed by atoms with Crippen LogP contribution in [0.2, 0.25) is 0 Å². The van der Waals surface area contributed by atoms with Crippen LogP contribution < -0.4 is 9.04 Å². The van der Waals surface area contributed by atoms with Crippen LogP contribution in [0.1, 0.15) is 32.3 Å². The van der Waals surface area contributed by atoms with Gasteiger partial charge < -0.3 is 9.64 Å². The van der Waals surface area contributed by atoms with Gasteiger partial charge >= 0.3 is 6.36 Å². The molecule has 0 N–H and O–H groups in total. The molecule has 0 aliphatic rings. The molecule has 1 heterocycles. The number of benzene rings is 2. The van der Waals surface area contributed by atoms with Crippen LogP contribution in [-0.2, 0) is 16.6 Å². The smallest absolute Gasteiger partial charge is 0.406 e. The van der Waals surface area contributed by atoms with Crippen LogP contribution >= 0.6 is 11.3 Å². The van der Waals surface area contributed by atoms with Gasteiger partial charge in [-0.15, -0.1) is 24.5 Å². The molecule has 34 heavy (non-hydrogen) atoms. The molecule has 0 aliphatic carbocycles. The van der Waals surface area contributed by atoms with Crippen LogP contribution in [-0.4, -0.2) is 45.1 Å². The van der Waals surface area contributed by atoms with Gasteiger partial charge in [0.2, 0.25) is 10.0 Å². The van der Waals surface area contributed by atoms with Crippen molar-refractivity contribution in [2.24, 2.45) is 0 Å². The quantitative estimate of drug-likeness (QED) is 0.286. The Morgan fingerprint density at radius 1 is 0.941 bits per heavy atom. The van der Waals surface area contributed by atoms with Crippen molar-refractivity contribution in [1.29, 1.82) is 0 Å². The van der Waals surface area contributed by atoms with E-state index in [0.29, 0.717) is 17.1 Å². The van der Waals surface area contributed by atoms with Gasteiger partial charge in [0.05, 0.1) is 12.3 Å². The van der Waals surface area contributed by atoms with Crippen molar-refractivity contribution in [3.8, 4) is 5.75 Å². The lowest BCUT2D eigenvalue weighted by atomic mass is 10.2. The highest BCUT2D eigenvalue weighted by atomic mass is 32.2. The van der Waals surface area contributed by atoms with Crippen LogP contribution in [0.15, 0.2) is 54.6 Å². The molecule has 0 fully saturated rings. The average Bonchev–Trinajstić information content (AvgIpc) is 3.20. The van der Waals surface area contributed by atoms with Gasteiger partial charge in [0, 0.05) is 11.2 Å². The van der Waals surface area contributed by atoms with E-state index >= 15 is 0 Å². The van der Waals surface area contributed by atoms with Crippen LogP contribution in [0, 0.1) is 0 Å². The lowest BCUT2D eigenvalue weighted by Crippen LogP contribution is -2.38. The first-order valence-corrected chi connectivity index (χ1v) is 13.6. The lowest BCUT2D eigenvalue weighted by molar-refractivity contribution is -0.274. The van der Waals surface area contributed by atoms with E-state index in [1.807, 2.05) is 30.3 Å². The molecule has 3 aromatic rings. The fourth-order valence-corrected chi connectivity index (χ4v) is 6.49. The summed E-state index contributed by atoms with van der Waals surface area (Å²) in [6.45, 7) is 6.21. The molecule has 0 radical (unpaired) electrons. The second kappa shape index (κ2) is 11.4. The molecule has 0 saturated carbocycles. The number of hydrogen-bond donors (Lipinski definition) is 0. The van der Waals surface area contributed by atoms with Gasteiger partial charge in [-0.3, -0.25) is 4.31 Å². The molecule has 2 aromatic carbocycles. The maximum atomic E-state index is 13.5. The molecule has 10 heteroatoms. The molecule has 0 aliphatic heterocycles. The zero-order valence-corrected chi connectivity index (χ0v) is 20.8. The number of fused-ring (bicyclic) bond motifs is 1. The summed E-state index contributed by atoms with van der Waals surface area (Å²) in [5, 5.41) is 1.52. The fourth-order valence-electron chi connectivity index (χ4n) is 3.69. The second-order valence-corrected chi connectivity index (χ2v) is 11.1. The normalized spacial score (nSPS) is 12.4. The van der Waals surface area contributed by atoms with Gasteiger partial charge in [-0.05, 0) is 61.1 Å². The maximum Gasteiger partial charge on any atom is 0.573 e. The SMILES string of the molecule is CCCN(CCC)CCS(=O)(=O)N(Cc1ccc(OC(F)(F)F)cc1)c1cc2ccccc2s1. The molecule has 5 nitrogen and oxygen atoms in total. The summed E-state index contributed by atoms with van der Waals surface area (Å²) in [7, 11) is -3.70. The van der Waals surface area contributed by atoms with Crippen molar-refractivity contribution in [1.82, 2.24) is 4.90 Å². The molecule has 0 spiro atoms. The van der Waals surface area contributed by atoms with Gasteiger partial charge in [-0.2, -0.15) is 0 Å². The number of sulfonamides is 1. The molecule has 0 atom stereocenters. The molecule has 1 aromatic heterocycles. The molecule has 186 valence electrons. The molecule has 0 bridgehead atoms. The lowest BCUT2D eigenvalue weighted by Gasteiger charge is -2.26. The molecule has 0 unspecified atom stereocenters. The molecular formula is C24H29F3N2O3S2. The van der Waals surface area contributed by atoms with E-state index in [1.54, 1.807) is 0 Å². The van der Waals surface area contributed by atoms with E-state index < -0.39 is 16.4 Å². The Balaban J connectivity index is 1.87. The number of alkyl halides is 3. The highest BCUT2D eigenvalue weighted by molar-refractivity contribution is 7.93. The monoisotopic (exact) mass is 514 g/mol. The minimum atomic E-state index is -4.78. The van der Waals surface area contributed by atoms with Gasteiger partial charge in [0.15, 0.2) is 0 Å². The predicted molar refractivity (Wildman–Crippen MR) is 132 cm³/mol. The number of anilines is 1. The van der Waals surface area contributed by atoms with Crippen molar-refractivity contribution in [3.05, 3.63) is 60.2 Å². The highest BCUT2D eigenvalue weighted by Crippen LogP contribution is 2.35. The molecule has 3 rings (SSSR count). The van der Waals surface area contributed by atoms with Gasteiger partial charge in [0.25, 0.3) is 0 Å². The number of rotatable bonds is 12. The van der Waals surface area contributed by atoms with E-state index in [1.165, 1.54) is 39.9 Å². The Hall–Kier alpha value is -2.30. The van der Waals surface area contributed by atoms with Crippen molar-refractivity contribution in [3.63, 3.8) is 0 Å². The van der Waals surface area contributed by atoms with E-state index in [4.69, 9.17) is 0 Å². The van der Waals surface area contributed by atoms with E-state index in [-0.39, 0.29) is 18.0 Å². The van der Waals surface area contributed by atoms with Gasteiger partial charge in [0.1, 0.15) is 10.8 Å². The standard InChI is InChI=1S/C24H29F3N2O3S2/c1-3-13-28(14-4-2)15-16-34(30,31)29(23-17-20-7-5-6-8-22(20)33-23)18-19-9-11-21(12-10-19)32-24(25,26)27/h5-12,17H,3-4,13-16,18H2,1-2H3. The number of thiophene rings is 1. The summed E-state index contributed by atoms with van der Waals surface area (Å²) in [5.74, 6) is -0.390. The van der Waals surface area contributed by atoms with Gasteiger partial charge in [-0.25, -0.2) is 8.42 Å². The van der Waals surface area contributed by atoms with Crippen LogP contribution in [0.25, 0.3) is 10.1 Å². The van der Waals surface area contributed by atoms with Crippen molar-refractivity contribution < 1.29 is 26.3 Å². The Bertz CT molecular complexity index is 1120. The van der Waals surface area contributed by atoms with Crippen LogP contribution in [0.5, 0.6) is 5.75 Å². The average molecular weight is 515 g/mol. The third-order valence-corrected chi connectivity index (χ3v) is 8.17. The fraction of sp³-hybridized carbons (Fsp3) is 0.417. The van der Waals surface area contributed by atoms with Crippen molar-refractivity contribution >= 4 is 36.4 Å². The first-order valence-electron chi connectivity index (χ1n) is 11.2. The van der Waals surface area contributed by atoms with Crippen molar-refractivity contribution in [2.45, 2.75) is 39.6 Å². The number of nitrogens with zero attached hydrogens (tertiary/aromatic N) is 2. The van der Waals surface area contributed by atoms with E-state index in [2.05, 4.69) is 23.5 Å². The van der Waals surface area contributed by atoms with Crippen LogP contribution in [0.3, 0.4) is 0 Å². The first-order chi connectivity index (χ1) is 16.1. The molecule has 0 saturated heterocycles. The number of ether oxygens (including phenoxy) is 1. The third-order valence-electron chi connectivity index (χ3n) is 5.22. The summed E-state index contributed by atoms with van der Waals surface area (Å²) < 4.78 is 70.7. The largest absolute Gasteiger partial charge is 0.573 e.